The summed E-state index contributed by atoms with van der Waals surface area (Å²) in [6, 6.07) is 0. The van der Waals surface area contributed by atoms with E-state index in [4.69, 9.17) is 5.11 Å². The molecule has 0 fully saturated rings. The maximum atomic E-state index is 10.8. The summed E-state index contributed by atoms with van der Waals surface area (Å²) >= 11 is 0. The van der Waals surface area contributed by atoms with E-state index < -0.39 is 10.9 Å². The van der Waals surface area contributed by atoms with Crippen molar-refractivity contribution in [2.45, 2.75) is 32.6 Å². The number of hydrogen-bond donors (Lipinski definition) is 1. The van der Waals surface area contributed by atoms with Gasteiger partial charge in [0.15, 0.2) is 6.54 Å². The molecular weight excluding hydrogens is 238 g/mol. The van der Waals surface area contributed by atoms with Crippen LogP contribution in [0.15, 0.2) is 17.0 Å². The molecule has 1 aliphatic rings. The lowest BCUT2D eigenvalue weighted by Crippen LogP contribution is -2.44. The second kappa shape index (κ2) is 6.25. The van der Waals surface area contributed by atoms with Gasteiger partial charge < -0.3 is 15.2 Å². The van der Waals surface area contributed by atoms with Gasteiger partial charge in [-0.3, -0.25) is 0 Å². The van der Waals surface area contributed by atoms with Crippen LogP contribution in [0.25, 0.3) is 0 Å². The molecule has 1 aliphatic heterocycles. The zero-order chi connectivity index (χ0) is 13.6. The Hall–Kier alpha value is -1.76. The number of aliphatic imine (C=N–C) groups is 1. The Bertz CT molecular complexity index is 392. The number of nitrogens with zero attached hydrogens (tertiary/aromatic N) is 3. The minimum atomic E-state index is -0.988. The molecule has 0 aromatic heterocycles. The molecular formula is C11H18N3O4+. The summed E-state index contributed by atoms with van der Waals surface area (Å²) < 4.78 is -0.0602. The third-order valence-corrected chi connectivity index (χ3v) is 2.84. The molecule has 0 amide bonds. The van der Waals surface area contributed by atoms with E-state index in [-0.39, 0.29) is 16.8 Å². The molecule has 7 nitrogen and oxygen atoms in total. The van der Waals surface area contributed by atoms with Gasteiger partial charge in [-0.25, -0.2) is 9.28 Å². The second-order valence-corrected chi connectivity index (χ2v) is 4.43. The first-order chi connectivity index (χ1) is 8.49. The van der Waals surface area contributed by atoms with E-state index in [1.165, 1.54) is 12.5 Å². The van der Waals surface area contributed by atoms with Crippen molar-refractivity contribution >= 4 is 12.3 Å². The van der Waals surface area contributed by atoms with E-state index >= 15 is 0 Å². The topological polar surface area (TPSA) is 92.8 Å². The lowest BCUT2D eigenvalue weighted by atomic mass is 10.2. The van der Waals surface area contributed by atoms with Gasteiger partial charge >= 0.3 is 18.1 Å². The Morgan fingerprint density at radius 3 is 2.72 bits per heavy atom. The Kier molecular flexibility index (Phi) is 4.96. The van der Waals surface area contributed by atoms with Gasteiger partial charge in [0.25, 0.3) is 0 Å². The number of carbonyl (C=O) groups is 1. The van der Waals surface area contributed by atoms with Gasteiger partial charge in [0, 0.05) is 4.99 Å². The highest BCUT2D eigenvalue weighted by Crippen LogP contribution is 2.19. The maximum Gasteiger partial charge on any atom is 0.423 e. The maximum absolute atomic E-state index is 10.8. The van der Waals surface area contributed by atoms with Gasteiger partial charge in [0.2, 0.25) is 6.20 Å². The molecule has 1 N–H and O–H groups in total. The molecule has 0 aliphatic carbocycles. The van der Waals surface area contributed by atoms with Crippen LogP contribution in [0, 0.1) is 10.1 Å². The smallest absolute Gasteiger partial charge is 0.423 e. The largest absolute Gasteiger partial charge is 0.477 e. The van der Waals surface area contributed by atoms with Gasteiger partial charge in [-0.1, -0.05) is 19.8 Å². The van der Waals surface area contributed by atoms with Gasteiger partial charge in [-0.2, -0.15) is 0 Å². The van der Waals surface area contributed by atoms with E-state index in [1.54, 1.807) is 0 Å². The van der Waals surface area contributed by atoms with Crippen LogP contribution < -0.4 is 0 Å². The summed E-state index contributed by atoms with van der Waals surface area (Å²) in [5, 5.41) is 19.5. The molecule has 1 unspecified atom stereocenters. The van der Waals surface area contributed by atoms with E-state index in [2.05, 4.69) is 11.9 Å². The van der Waals surface area contributed by atoms with Crippen molar-refractivity contribution < 1.29 is 19.3 Å². The first kappa shape index (κ1) is 14.3. The summed E-state index contributed by atoms with van der Waals surface area (Å²) in [6.45, 7) is 2.42. The zero-order valence-corrected chi connectivity index (χ0v) is 10.4. The van der Waals surface area contributed by atoms with Crippen LogP contribution in [0.5, 0.6) is 0 Å². The molecule has 0 saturated carbocycles. The number of carboxylic acid groups (broad SMARTS) is 1. The highest BCUT2D eigenvalue weighted by molar-refractivity contribution is 5.70. The van der Waals surface area contributed by atoms with Gasteiger partial charge in [0.1, 0.15) is 0 Å². The standard InChI is InChI=1S/C11H17N3O4/c1-2-3-4-5-6-14(8-11(15)16)7-10(12-9-14)13(17)18/h7,9H,2-6,8H2,1H3/p+1. The van der Waals surface area contributed by atoms with Crippen LogP contribution in [-0.2, 0) is 4.79 Å². The molecule has 0 radical (unpaired) electrons. The first-order valence-corrected chi connectivity index (χ1v) is 6.00. The Morgan fingerprint density at radius 1 is 1.50 bits per heavy atom. The fourth-order valence-electron chi connectivity index (χ4n) is 1.94. The number of carboxylic acids is 1. The summed E-state index contributed by atoms with van der Waals surface area (Å²) in [6.07, 6.45) is 6.66. The fraction of sp³-hybridized carbons (Fsp3) is 0.636. The predicted molar refractivity (Wildman–Crippen MR) is 65.3 cm³/mol. The molecule has 0 bridgehead atoms. The van der Waals surface area contributed by atoms with Crippen LogP contribution in [0.1, 0.15) is 32.6 Å². The monoisotopic (exact) mass is 256 g/mol. The van der Waals surface area contributed by atoms with Gasteiger partial charge in [-0.05, 0) is 17.8 Å². The molecule has 1 heterocycles. The predicted octanol–water partition coefficient (Wildman–Crippen LogP) is 1.59. The Morgan fingerprint density at radius 2 is 2.22 bits per heavy atom. The summed E-state index contributed by atoms with van der Waals surface area (Å²) in [7, 11) is 0. The minimum absolute atomic E-state index is 0.0602. The molecule has 0 spiro atoms. The van der Waals surface area contributed by atoms with E-state index in [1.807, 2.05) is 0 Å². The second-order valence-electron chi connectivity index (χ2n) is 4.43. The summed E-state index contributed by atoms with van der Waals surface area (Å²) in [5.41, 5.74) is 0. The van der Waals surface area contributed by atoms with Crippen LogP contribution in [0.2, 0.25) is 0 Å². The van der Waals surface area contributed by atoms with Gasteiger partial charge in [-0.15, -0.1) is 0 Å². The summed E-state index contributed by atoms with van der Waals surface area (Å²) in [5.74, 6) is -1.26. The molecule has 100 valence electrons. The molecule has 0 saturated heterocycles. The summed E-state index contributed by atoms with van der Waals surface area (Å²) in [4.78, 5) is 24.6. The van der Waals surface area contributed by atoms with E-state index in [0.717, 1.165) is 25.7 Å². The molecule has 0 aromatic carbocycles. The molecule has 1 atom stereocenters. The number of unbranched alkanes of at least 4 members (excludes halogenated alkanes) is 3. The van der Waals surface area contributed by atoms with Crippen molar-refractivity contribution in [2.75, 3.05) is 13.1 Å². The van der Waals surface area contributed by atoms with Crippen LogP contribution in [0.3, 0.4) is 0 Å². The zero-order valence-electron chi connectivity index (χ0n) is 10.4. The fourth-order valence-corrected chi connectivity index (χ4v) is 1.94. The number of rotatable bonds is 8. The van der Waals surface area contributed by atoms with Crippen LogP contribution >= 0.6 is 0 Å². The Labute approximate surface area is 105 Å². The quantitative estimate of drug-likeness (QED) is 0.309. The average Bonchev–Trinajstić information content (AvgIpc) is 2.68. The lowest BCUT2D eigenvalue weighted by molar-refractivity contribution is -0.773. The van der Waals surface area contributed by atoms with E-state index in [9.17, 15) is 14.9 Å². The van der Waals surface area contributed by atoms with Crippen molar-refractivity contribution in [3.63, 3.8) is 0 Å². The van der Waals surface area contributed by atoms with Crippen molar-refractivity contribution in [2.24, 2.45) is 4.99 Å². The number of quaternary nitrogens is 1. The number of nitro groups is 1. The Balaban J connectivity index is 2.70. The lowest BCUT2D eigenvalue weighted by Gasteiger charge is -2.22. The van der Waals surface area contributed by atoms with Crippen molar-refractivity contribution in [3.05, 3.63) is 22.1 Å². The van der Waals surface area contributed by atoms with Crippen molar-refractivity contribution in [3.8, 4) is 0 Å². The first-order valence-electron chi connectivity index (χ1n) is 6.00. The molecule has 0 aromatic rings. The molecule has 1 rings (SSSR count). The van der Waals surface area contributed by atoms with Crippen LogP contribution in [-0.4, -0.2) is 39.9 Å². The SMILES string of the molecule is CCCCCC[N+]1(CC(=O)O)C=NC([N+](=O)[O-])=C1. The number of aliphatic carboxylic acids is 1. The third kappa shape index (κ3) is 3.92. The van der Waals surface area contributed by atoms with Crippen molar-refractivity contribution in [1.29, 1.82) is 0 Å². The normalized spacial score (nSPS) is 21.9. The molecule has 7 heteroatoms. The van der Waals surface area contributed by atoms with Gasteiger partial charge in [0.05, 0.1) is 6.54 Å². The molecule has 18 heavy (non-hydrogen) atoms. The number of hydrogen-bond acceptors (Lipinski definition) is 4. The average molecular weight is 256 g/mol. The highest BCUT2D eigenvalue weighted by atomic mass is 16.6. The minimum Gasteiger partial charge on any atom is -0.477 e. The van der Waals surface area contributed by atoms with Crippen molar-refractivity contribution in [1.82, 2.24) is 0 Å². The highest BCUT2D eigenvalue weighted by Gasteiger charge is 2.38. The van der Waals surface area contributed by atoms with Crippen LogP contribution in [0.4, 0.5) is 0 Å². The third-order valence-electron chi connectivity index (χ3n) is 2.84. The van der Waals surface area contributed by atoms with E-state index in [0.29, 0.717) is 6.54 Å².